The Morgan fingerprint density at radius 3 is 2.53 bits per heavy atom. The average molecular weight is 291 g/mol. The molecule has 19 heavy (non-hydrogen) atoms. The van der Waals surface area contributed by atoms with E-state index in [9.17, 15) is 15.3 Å². The highest BCUT2D eigenvalue weighted by atomic mass is 35.5. The number of halogens is 1. The van der Waals surface area contributed by atoms with Gasteiger partial charge in [0, 0.05) is 5.02 Å². The van der Waals surface area contributed by atoms with E-state index in [2.05, 4.69) is 0 Å². The Morgan fingerprint density at radius 2 is 1.89 bits per heavy atom. The van der Waals surface area contributed by atoms with Crippen molar-refractivity contribution in [2.24, 2.45) is 0 Å². The van der Waals surface area contributed by atoms with Gasteiger partial charge in [-0.3, -0.25) is 0 Å². The zero-order valence-corrected chi connectivity index (χ0v) is 10.6. The van der Waals surface area contributed by atoms with Crippen molar-refractivity contribution in [1.82, 2.24) is 0 Å². The van der Waals surface area contributed by atoms with Crippen molar-refractivity contribution in [3.63, 3.8) is 0 Å². The predicted molar refractivity (Wildman–Crippen MR) is 65.8 cm³/mol. The maximum absolute atomic E-state index is 9.78. The van der Waals surface area contributed by atoms with Crippen LogP contribution >= 0.6 is 11.6 Å². The summed E-state index contributed by atoms with van der Waals surface area (Å²) in [4.78, 5) is 0. The van der Waals surface area contributed by atoms with E-state index in [0.717, 1.165) is 0 Å². The maximum atomic E-state index is 9.78. The minimum absolute atomic E-state index is 0.344. The second-order valence-electron chi connectivity index (χ2n) is 4.27. The standard InChI is InChI=1S/C12H15ClO6/c13-6-2-1-3-7(4-6)18-12-11(17)10(16)9(15)8(5-14)19-12/h1-4,8-12,14-17H,5H2/t8-,9+,10+,11-,12+/m0/s1. The van der Waals surface area contributed by atoms with Crippen molar-refractivity contribution in [3.8, 4) is 5.75 Å². The molecular weight excluding hydrogens is 276 g/mol. The molecule has 1 aromatic rings. The Labute approximate surface area is 114 Å². The van der Waals surface area contributed by atoms with E-state index in [0.29, 0.717) is 10.8 Å². The highest BCUT2D eigenvalue weighted by Gasteiger charge is 2.44. The van der Waals surface area contributed by atoms with Gasteiger partial charge in [-0.2, -0.15) is 0 Å². The smallest absolute Gasteiger partial charge is 0.229 e. The normalized spacial score (nSPS) is 35.1. The van der Waals surface area contributed by atoms with Crippen molar-refractivity contribution in [1.29, 1.82) is 0 Å². The van der Waals surface area contributed by atoms with Crippen molar-refractivity contribution >= 4 is 11.6 Å². The monoisotopic (exact) mass is 290 g/mol. The molecule has 2 rings (SSSR count). The van der Waals surface area contributed by atoms with Gasteiger partial charge in [-0.1, -0.05) is 17.7 Å². The van der Waals surface area contributed by atoms with Crippen LogP contribution in [0.3, 0.4) is 0 Å². The summed E-state index contributed by atoms with van der Waals surface area (Å²) in [6.07, 6.45) is -6.50. The van der Waals surface area contributed by atoms with Crippen molar-refractivity contribution in [3.05, 3.63) is 29.3 Å². The maximum Gasteiger partial charge on any atom is 0.229 e. The van der Waals surface area contributed by atoms with Crippen LogP contribution in [0.25, 0.3) is 0 Å². The Balaban J connectivity index is 2.10. The van der Waals surface area contributed by atoms with Crippen molar-refractivity contribution < 1.29 is 29.9 Å². The number of rotatable bonds is 3. The third-order valence-corrected chi connectivity index (χ3v) is 3.13. The van der Waals surface area contributed by atoms with Gasteiger partial charge in [-0.15, -0.1) is 0 Å². The highest BCUT2D eigenvalue weighted by molar-refractivity contribution is 6.30. The Bertz CT molecular complexity index is 426. The van der Waals surface area contributed by atoms with E-state index < -0.39 is 37.3 Å². The number of ether oxygens (including phenoxy) is 2. The van der Waals surface area contributed by atoms with Gasteiger partial charge in [-0.25, -0.2) is 0 Å². The first-order valence-electron chi connectivity index (χ1n) is 5.75. The van der Waals surface area contributed by atoms with E-state index in [-0.39, 0.29) is 0 Å². The molecule has 6 nitrogen and oxygen atoms in total. The van der Waals surface area contributed by atoms with Crippen LogP contribution in [0.4, 0.5) is 0 Å². The molecular formula is C12H15ClO6. The van der Waals surface area contributed by atoms with Crippen molar-refractivity contribution in [2.75, 3.05) is 6.61 Å². The molecule has 0 aliphatic carbocycles. The predicted octanol–water partition coefficient (Wildman–Crippen LogP) is -0.481. The van der Waals surface area contributed by atoms with Crippen LogP contribution < -0.4 is 4.74 Å². The highest BCUT2D eigenvalue weighted by Crippen LogP contribution is 2.25. The van der Waals surface area contributed by atoms with Crippen molar-refractivity contribution in [2.45, 2.75) is 30.7 Å². The minimum atomic E-state index is -1.46. The van der Waals surface area contributed by atoms with E-state index >= 15 is 0 Å². The topological polar surface area (TPSA) is 99.4 Å². The van der Waals surface area contributed by atoms with Crippen LogP contribution in [0, 0.1) is 0 Å². The SMILES string of the molecule is OC[C@@H]1O[C@@H](Oc2cccc(Cl)c2)[C@@H](O)[C@H](O)[C@@H]1O. The number of hydrogen-bond acceptors (Lipinski definition) is 6. The van der Waals surface area contributed by atoms with E-state index in [1.165, 1.54) is 6.07 Å². The fraction of sp³-hybridized carbons (Fsp3) is 0.500. The first-order valence-corrected chi connectivity index (χ1v) is 6.13. The lowest BCUT2D eigenvalue weighted by Gasteiger charge is -2.39. The summed E-state index contributed by atoms with van der Waals surface area (Å²) in [6, 6.07) is 6.43. The minimum Gasteiger partial charge on any atom is -0.462 e. The van der Waals surface area contributed by atoms with Crippen LogP contribution in [0.15, 0.2) is 24.3 Å². The first-order chi connectivity index (χ1) is 9.02. The molecule has 1 fully saturated rings. The van der Waals surface area contributed by atoms with Gasteiger partial charge in [0.05, 0.1) is 6.61 Å². The lowest BCUT2D eigenvalue weighted by molar-refractivity contribution is -0.277. The molecule has 4 N–H and O–H groups in total. The molecule has 1 aliphatic heterocycles. The molecule has 5 atom stereocenters. The number of benzene rings is 1. The molecule has 0 unspecified atom stereocenters. The number of aliphatic hydroxyl groups excluding tert-OH is 4. The van der Waals surface area contributed by atoms with Gasteiger partial charge in [-0.05, 0) is 18.2 Å². The Morgan fingerprint density at radius 1 is 1.16 bits per heavy atom. The first kappa shape index (κ1) is 14.5. The Hall–Kier alpha value is -0.890. The van der Waals surface area contributed by atoms with E-state index in [4.69, 9.17) is 26.2 Å². The third kappa shape index (κ3) is 3.17. The van der Waals surface area contributed by atoms with Crippen LogP contribution in [-0.4, -0.2) is 57.7 Å². The summed E-state index contributed by atoms with van der Waals surface area (Å²) >= 11 is 5.79. The van der Waals surface area contributed by atoms with Gasteiger partial charge in [0.25, 0.3) is 0 Å². The summed E-state index contributed by atoms with van der Waals surface area (Å²) in [5.74, 6) is 0.344. The van der Waals surface area contributed by atoms with Gasteiger partial charge in [0.15, 0.2) is 0 Å². The Kier molecular flexibility index (Phi) is 4.62. The zero-order valence-electron chi connectivity index (χ0n) is 9.89. The number of aliphatic hydroxyl groups is 4. The molecule has 0 saturated carbocycles. The molecule has 0 spiro atoms. The molecule has 7 heteroatoms. The number of hydrogen-bond donors (Lipinski definition) is 4. The summed E-state index contributed by atoms with van der Waals surface area (Å²) in [5.41, 5.74) is 0. The molecule has 0 amide bonds. The largest absolute Gasteiger partial charge is 0.462 e. The fourth-order valence-corrected chi connectivity index (χ4v) is 2.02. The molecule has 1 heterocycles. The van der Waals surface area contributed by atoms with Gasteiger partial charge in [0.1, 0.15) is 30.2 Å². The van der Waals surface area contributed by atoms with Gasteiger partial charge in [0.2, 0.25) is 6.29 Å². The second kappa shape index (κ2) is 6.04. The average Bonchev–Trinajstić information content (AvgIpc) is 2.39. The summed E-state index contributed by atoms with van der Waals surface area (Å²) in [7, 11) is 0. The third-order valence-electron chi connectivity index (χ3n) is 2.90. The quantitative estimate of drug-likeness (QED) is 0.600. The molecule has 1 aliphatic rings. The second-order valence-corrected chi connectivity index (χ2v) is 4.71. The molecule has 0 radical (unpaired) electrons. The van der Waals surface area contributed by atoms with Crippen LogP contribution in [-0.2, 0) is 4.74 Å². The fourth-order valence-electron chi connectivity index (χ4n) is 1.84. The van der Waals surface area contributed by atoms with Gasteiger partial charge >= 0.3 is 0 Å². The van der Waals surface area contributed by atoms with Gasteiger partial charge < -0.3 is 29.9 Å². The lowest BCUT2D eigenvalue weighted by atomic mass is 9.99. The summed E-state index contributed by atoms with van der Waals surface area (Å²) in [6.45, 7) is -0.500. The molecule has 0 aromatic heterocycles. The van der Waals surface area contributed by atoms with Crippen LogP contribution in [0.5, 0.6) is 5.75 Å². The lowest BCUT2D eigenvalue weighted by Crippen LogP contribution is -2.60. The molecule has 0 bridgehead atoms. The molecule has 106 valence electrons. The molecule has 1 aromatic carbocycles. The summed E-state index contributed by atoms with van der Waals surface area (Å²) in [5, 5.41) is 38.5. The van der Waals surface area contributed by atoms with E-state index in [1.54, 1.807) is 18.2 Å². The van der Waals surface area contributed by atoms with E-state index in [1.807, 2.05) is 0 Å². The van der Waals surface area contributed by atoms with Crippen LogP contribution in [0.1, 0.15) is 0 Å². The molecule has 1 saturated heterocycles. The summed E-state index contributed by atoms with van der Waals surface area (Å²) < 4.78 is 10.6. The zero-order chi connectivity index (χ0) is 14.0. The van der Waals surface area contributed by atoms with Crippen LogP contribution in [0.2, 0.25) is 5.02 Å².